The Morgan fingerprint density at radius 3 is 1.93 bits per heavy atom. The van der Waals surface area contributed by atoms with Crippen molar-refractivity contribution in [3.63, 3.8) is 0 Å². The monoisotopic (exact) mass is 259 g/mol. The third kappa shape index (κ3) is 2.93. The quantitative estimate of drug-likeness (QED) is 0.718. The highest BCUT2D eigenvalue weighted by atomic mass is 79.9. The smallest absolute Gasteiger partial charge is 0.0470 e. The van der Waals surface area contributed by atoms with E-state index in [1.165, 1.54) is 11.1 Å². The summed E-state index contributed by atoms with van der Waals surface area (Å²) in [5.41, 5.74) is 2.52. The van der Waals surface area contributed by atoms with Crippen LogP contribution in [-0.2, 0) is 0 Å². The molecule has 0 aliphatic heterocycles. The van der Waals surface area contributed by atoms with E-state index in [9.17, 15) is 0 Å². The molecule has 1 heteroatoms. The molecule has 0 aliphatic rings. The lowest BCUT2D eigenvalue weighted by atomic mass is 10.0. The molecule has 2 aromatic carbocycles. The molecule has 0 heterocycles. The van der Waals surface area contributed by atoms with E-state index in [-0.39, 0.29) is 4.83 Å². The van der Waals surface area contributed by atoms with E-state index in [0.29, 0.717) is 0 Å². The second kappa shape index (κ2) is 5.13. The zero-order valence-corrected chi connectivity index (χ0v) is 9.89. The zero-order valence-electron chi connectivity index (χ0n) is 8.31. The molecule has 0 aromatic heterocycles. The van der Waals surface area contributed by atoms with Crippen molar-refractivity contribution in [3.8, 4) is 0 Å². The SMILES string of the molecule is BrC([CH]c1ccccc1)c1ccccc1. The summed E-state index contributed by atoms with van der Waals surface area (Å²) in [7, 11) is 0. The molecule has 1 radical (unpaired) electrons. The van der Waals surface area contributed by atoms with Gasteiger partial charge >= 0.3 is 0 Å². The van der Waals surface area contributed by atoms with Crippen LogP contribution in [0.15, 0.2) is 60.7 Å². The van der Waals surface area contributed by atoms with Crippen LogP contribution in [0.25, 0.3) is 0 Å². The zero-order chi connectivity index (χ0) is 10.5. The minimum Gasteiger partial charge on any atom is -0.0832 e. The Hall–Kier alpha value is -1.08. The minimum atomic E-state index is 0.279. The van der Waals surface area contributed by atoms with Crippen LogP contribution in [0.2, 0.25) is 0 Å². The molecule has 0 aliphatic carbocycles. The fourth-order valence-electron chi connectivity index (χ4n) is 1.47. The number of rotatable bonds is 3. The standard InChI is InChI=1S/C14H12Br/c15-14(13-9-5-2-6-10-13)11-12-7-3-1-4-8-12/h1-11,14H. The summed E-state index contributed by atoms with van der Waals surface area (Å²) >= 11 is 3.67. The maximum absolute atomic E-state index is 3.67. The largest absolute Gasteiger partial charge is 0.0832 e. The predicted octanol–water partition coefficient (Wildman–Crippen LogP) is 4.38. The first-order chi connectivity index (χ1) is 7.36. The molecule has 0 bridgehead atoms. The second-order valence-electron chi connectivity index (χ2n) is 3.39. The molecule has 0 amide bonds. The van der Waals surface area contributed by atoms with Gasteiger partial charge in [0.15, 0.2) is 0 Å². The number of hydrogen-bond acceptors (Lipinski definition) is 0. The molecule has 0 fully saturated rings. The molecule has 15 heavy (non-hydrogen) atoms. The summed E-state index contributed by atoms with van der Waals surface area (Å²) in [6.07, 6.45) is 2.20. The Morgan fingerprint density at radius 1 is 0.800 bits per heavy atom. The summed E-state index contributed by atoms with van der Waals surface area (Å²) in [6, 6.07) is 20.7. The average Bonchev–Trinajstić information content (AvgIpc) is 2.31. The van der Waals surface area contributed by atoms with E-state index in [1.807, 2.05) is 12.1 Å². The molecule has 1 atom stereocenters. The highest BCUT2D eigenvalue weighted by Gasteiger charge is 2.07. The number of benzene rings is 2. The van der Waals surface area contributed by atoms with E-state index in [0.717, 1.165) is 0 Å². The Balaban J connectivity index is 2.08. The fraction of sp³-hybridized carbons (Fsp3) is 0.0714. The normalized spacial score (nSPS) is 12.3. The van der Waals surface area contributed by atoms with Gasteiger partial charge in [0.25, 0.3) is 0 Å². The van der Waals surface area contributed by atoms with E-state index in [4.69, 9.17) is 0 Å². The predicted molar refractivity (Wildman–Crippen MR) is 68.0 cm³/mol. The van der Waals surface area contributed by atoms with Gasteiger partial charge in [-0.15, -0.1) is 0 Å². The average molecular weight is 260 g/mol. The van der Waals surface area contributed by atoms with Gasteiger partial charge in [0.05, 0.1) is 0 Å². The maximum atomic E-state index is 3.67. The molecule has 0 saturated heterocycles. The van der Waals surface area contributed by atoms with Crippen LogP contribution in [0.4, 0.5) is 0 Å². The fourth-order valence-corrected chi connectivity index (χ4v) is 2.08. The van der Waals surface area contributed by atoms with E-state index in [1.54, 1.807) is 0 Å². The minimum absolute atomic E-state index is 0.279. The van der Waals surface area contributed by atoms with Crippen molar-refractivity contribution in [1.29, 1.82) is 0 Å². The van der Waals surface area contributed by atoms with Crippen molar-refractivity contribution in [3.05, 3.63) is 78.2 Å². The highest BCUT2D eigenvalue weighted by Crippen LogP contribution is 2.28. The lowest BCUT2D eigenvalue weighted by molar-refractivity contribution is 1.15. The van der Waals surface area contributed by atoms with Gasteiger partial charge in [0, 0.05) is 11.2 Å². The van der Waals surface area contributed by atoms with Crippen LogP contribution >= 0.6 is 15.9 Å². The van der Waals surface area contributed by atoms with E-state index in [2.05, 4.69) is 70.9 Å². The van der Waals surface area contributed by atoms with Crippen molar-refractivity contribution in [2.75, 3.05) is 0 Å². The second-order valence-corrected chi connectivity index (χ2v) is 4.38. The van der Waals surface area contributed by atoms with Crippen molar-refractivity contribution < 1.29 is 0 Å². The summed E-state index contributed by atoms with van der Waals surface area (Å²) in [5, 5.41) is 0. The Morgan fingerprint density at radius 2 is 1.33 bits per heavy atom. The maximum Gasteiger partial charge on any atom is 0.0470 e. The van der Waals surface area contributed by atoms with Gasteiger partial charge in [-0.05, 0) is 11.1 Å². The number of halogens is 1. The highest BCUT2D eigenvalue weighted by molar-refractivity contribution is 9.09. The molecule has 1 unspecified atom stereocenters. The van der Waals surface area contributed by atoms with Crippen LogP contribution in [0.1, 0.15) is 16.0 Å². The van der Waals surface area contributed by atoms with Gasteiger partial charge in [-0.1, -0.05) is 76.6 Å². The van der Waals surface area contributed by atoms with Gasteiger partial charge in [-0.3, -0.25) is 0 Å². The summed E-state index contributed by atoms with van der Waals surface area (Å²) < 4.78 is 0. The summed E-state index contributed by atoms with van der Waals surface area (Å²) in [5.74, 6) is 0. The van der Waals surface area contributed by atoms with Gasteiger partial charge in [-0.25, -0.2) is 0 Å². The lowest BCUT2D eigenvalue weighted by Crippen LogP contribution is -1.91. The Bertz CT molecular complexity index is 394. The van der Waals surface area contributed by atoms with E-state index >= 15 is 0 Å². The summed E-state index contributed by atoms with van der Waals surface area (Å²) in [6.45, 7) is 0. The van der Waals surface area contributed by atoms with Crippen LogP contribution < -0.4 is 0 Å². The topological polar surface area (TPSA) is 0 Å². The Labute approximate surface area is 99.1 Å². The first-order valence-corrected chi connectivity index (χ1v) is 5.87. The van der Waals surface area contributed by atoms with Gasteiger partial charge in [0.2, 0.25) is 0 Å². The van der Waals surface area contributed by atoms with Crippen molar-refractivity contribution >= 4 is 15.9 Å². The van der Waals surface area contributed by atoms with Crippen molar-refractivity contribution in [1.82, 2.24) is 0 Å². The molecule has 2 rings (SSSR count). The Kier molecular flexibility index (Phi) is 3.57. The molecule has 0 nitrogen and oxygen atoms in total. The molecule has 0 saturated carbocycles. The summed E-state index contributed by atoms with van der Waals surface area (Å²) in [4.78, 5) is 0.279. The van der Waals surface area contributed by atoms with Crippen LogP contribution in [0.5, 0.6) is 0 Å². The molecule has 0 spiro atoms. The van der Waals surface area contributed by atoms with Crippen LogP contribution in [0.3, 0.4) is 0 Å². The van der Waals surface area contributed by atoms with Gasteiger partial charge in [0.1, 0.15) is 0 Å². The molecule has 0 N–H and O–H groups in total. The lowest BCUT2D eigenvalue weighted by Gasteiger charge is -2.09. The van der Waals surface area contributed by atoms with Crippen molar-refractivity contribution in [2.45, 2.75) is 4.83 Å². The first-order valence-electron chi connectivity index (χ1n) is 4.95. The van der Waals surface area contributed by atoms with Crippen LogP contribution in [-0.4, -0.2) is 0 Å². The molecular formula is C14H12Br. The molecular weight excluding hydrogens is 248 g/mol. The van der Waals surface area contributed by atoms with Gasteiger partial charge < -0.3 is 0 Å². The molecule has 75 valence electrons. The van der Waals surface area contributed by atoms with Crippen LogP contribution in [0, 0.1) is 6.42 Å². The van der Waals surface area contributed by atoms with Crippen molar-refractivity contribution in [2.24, 2.45) is 0 Å². The number of alkyl halides is 1. The molecule has 2 aromatic rings. The van der Waals surface area contributed by atoms with Gasteiger partial charge in [-0.2, -0.15) is 0 Å². The number of hydrogen-bond donors (Lipinski definition) is 0. The first kappa shape index (κ1) is 10.4. The third-order valence-electron chi connectivity index (χ3n) is 2.26. The van der Waals surface area contributed by atoms with E-state index < -0.39 is 0 Å². The third-order valence-corrected chi connectivity index (χ3v) is 3.05.